The minimum absolute atomic E-state index is 0.298. The van der Waals surface area contributed by atoms with Gasteiger partial charge < -0.3 is 10.1 Å². The van der Waals surface area contributed by atoms with Crippen molar-refractivity contribution in [3.05, 3.63) is 29.6 Å². The summed E-state index contributed by atoms with van der Waals surface area (Å²) >= 11 is 1.79. The zero-order valence-electron chi connectivity index (χ0n) is 11.3. The lowest BCUT2D eigenvalue weighted by Gasteiger charge is -2.32. The van der Waals surface area contributed by atoms with E-state index in [0.717, 1.165) is 32.8 Å². The summed E-state index contributed by atoms with van der Waals surface area (Å²) in [6, 6.07) is 8.72. The predicted octanol–water partition coefficient (Wildman–Crippen LogP) is 3.03. The van der Waals surface area contributed by atoms with Crippen LogP contribution >= 0.6 is 11.3 Å². The van der Waals surface area contributed by atoms with Crippen LogP contribution in [0.5, 0.6) is 0 Å². The molecule has 1 fully saturated rings. The zero-order valence-corrected chi connectivity index (χ0v) is 12.1. The number of nitrogens with zero attached hydrogens (tertiary/aromatic N) is 1. The summed E-state index contributed by atoms with van der Waals surface area (Å²) < 4.78 is 7.15. The van der Waals surface area contributed by atoms with Gasteiger partial charge in [-0.1, -0.05) is 6.92 Å². The van der Waals surface area contributed by atoms with Gasteiger partial charge in [0.15, 0.2) is 0 Å². The first kappa shape index (κ1) is 12.9. The summed E-state index contributed by atoms with van der Waals surface area (Å²) in [7, 11) is 0. The average molecular weight is 276 g/mol. The van der Waals surface area contributed by atoms with E-state index in [1.165, 1.54) is 15.8 Å². The number of anilines is 1. The first-order valence-electron chi connectivity index (χ1n) is 6.90. The molecule has 0 spiro atoms. The number of hydrogen-bond acceptors (Lipinski definition) is 4. The van der Waals surface area contributed by atoms with E-state index in [4.69, 9.17) is 4.74 Å². The Morgan fingerprint density at radius 2 is 2.37 bits per heavy atom. The molecule has 2 aromatic rings. The highest BCUT2D eigenvalue weighted by atomic mass is 32.1. The molecule has 1 aromatic heterocycles. The Bertz CT molecular complexity index is 540. The maximum atomic E-state index is 5.80. The zero-order chi connectivity index (χ0) is 13.1. The number of rotatable bonds is 4. The van der Waals surface area contributed by atoms with Crippen LogP contribution in [0, 0.1) is 0 Å². The third-order valence-electron chi connectivity index (χ3n) is 3.66. The fourth-order valence-corrected chi connectivity index (χ4v) is 3.27. The number of fused-ring (bicyclic) bond motifs is 1. The topological polar surface area (TPSA) is 24.5 Å². The fourth-order valence-electron chi connectivity index (χ4n) is 2.50. The molecule has 1 aliphatic heterocycles. The van der Waals surface area contributed by atoms with Crippen LogP contribution in [0.3, 0.4) is 0 Å². The Morgan fingerprint density at radius 1 is 1.42 bits per heavy atom. The Labute approximate surface area is 118 Å². The monoisotopic (exact) mass is 276 g/mol. The predicted molar refractivity (Wildman–Crippen MR) is 82.2 cm³/mol. The summed E-state index contributed by atoms with van der Waals surface area (Å²) in [6.45, 7) is 7.15. The lowest BCUT2D eigenvalue weighted by molar-refractivity contribution is -0.0191. The van der Waals surface area contributed by atoms with Gasteiger partial charge in [-0.15, -0.1) is 11.3 Å². The molecule has 1 atom stereocenters. The molecule has 102 valence electrons. The number of ether oxygens (including phenoxy) is 1. The maximum absolute atomic E-state index is 5.80. The third kappa shape index (κ3) is 3.08. The molecule has 4 heteroatoms. The van der Waals surface area contributed by atoms with Gasteiger partial charge in [0, 0.05) is 30.0 Å². The standard InChI is InChI=1S/C15H20N2OS/c1-2-17-6-7-18-14(11-17)10-16-13-3-4-15-12(9-13)5-8-19-15/h3-5,8-9,14,16H,2,6-7,10-11H2,1H3. The van der Waals surface area contributed by atoms with Crippen LogP contribution < -0.4 is 5.32 Å². The van der Waals surface area contributed by atoms with Crippen molar-refractivity contribution in [2.75, 3.05) is 38.1 Å². The highest BCUT2D eigenvalue weighted by Gasteiger charge is 2.18. The molecule has 2 heterocycles. The molecule has 1 saturated heterocycles. The van der Waals surface area contributed by atoms with Gasteiger partial charge in [0.1, 0.15) is 0 Å². The highest BCUT2D eigenvalue weighted by Crippen LogP contribution is 2.24. The van der Waals surface area contributed by atoms with Crippen molar-refractivity contribution in [3.8, 4) is 0 Å². The van der Waals surface area contributed by atoms with E-state index >= 15 is 0 Å². The van der Waals surface area contributed by atoms with Crippen LogP contribution in [0.15, 0.2) is 29.6 Å². The van der Waals surface area contributed by atoms with Gasteiger partial charge in [0.25, 0.3) is 0 Å². The number of likely N-dealkylation sites (N-methyl/N-ethyl adjacent to an activating group) is 1. The molecular formula is C15H20N2OS. The van der Waals surface area contributed by atoms with E-state index in [9.17, 15) is 0 Å². The molecule has 0 radical (unpaired) electrons. The quantitative estimate of drug-likeness (QED) is 0.929. The Hall–Kier alpha value is -1.10. The number of benzene rings is 1. The number of morpholine rings is 1. The molecule has 1 aliphatic rings. The van der Waals surface area contributed by atoms with Crippen LogP contribution in [-0.4, -0.2) is 43.8 Å². The molecule has 0 aliphatic carbocycles. The lowest BCUT2D eigenvalue weighted by Crippen LogP contribution is -2.45. The van der Waals surface area contributed by atoms with Crippen molar-refractivity contribution < 1.29 is 4.74 Å². The molecule has 0 bridgehead atoms. The van der Waals surface area contributed by atoms with E-state index in [0.29, 0.717) is 6.10 Å². The summed E-state index contributed by atoms with van der Waals surface area (Å²) in [5.41, 5.74) is 1.18. The molecule has 0 amide bonds. The van der Waals surface area contributed by atoms with Crippen molar-refractivity contribution in [2.24, 2.45) is 0 Å². The molecular weight excluding hydrogens is 256 g/mol. The van der Waals surface area contributed by atoms with E-state index in [-0.39, 0.29) is 0 Å². The smallest absolute Gasteiger partial charge is 0.0874 e. The summed E-state index contributed by atoms with van der Waals surface area (Å²) in [5, 5.41) is 6.95. The molecule has 19 heavy (non-hydrogen) atoms. The van der Waals surface area contributed by atoms with E-state index in [2.05, 4.69) is 46.8 Å². The number of thiophene rings is 1. The Morgan fingerprint density at radius 3 is 3.26 bits per heavy atom. The van der Waals surface area contributed by atoms with Gasteiger partial charge in [0.2, 0.25) is 0 Å². The minimum Gasteiger partial charge on any atom is -0.382 e. The fraction of sp³-hybridized carbons (Fsp3) is 0.467. The van der Waals surface area contributed by atoms with Crippen LogP contribution in [0.25, 0.3) is 10.1 Å². The van der Waals surface area contributed by atoms with Gasteiger partial charge in [-0.05, 0) is 41.6 Å². The van der Waals surface area contributed by atoms with E-state index in [1.807, 2.05) is 0 Å². The van der Waals surface area contributed by atoms with E-state index in [1.54, 1.807) is 11.3 Å². The Kier molecular flexibility index (Phi) is 4.01. The Balaban J connectivity index is 1.59. The van der Waals surface area contributed by atoms with Gasteiger partial charge >= 0.3 is 0 Å². The summed E-state index contributed by atoms with van der Waals surface area (Å²) in [6.07, 6.45) is 0.298. The van der Waals surface area contributed by atoms with Crippen LogP contribution in [0.4, 0.5) is 5.69 Å². The normalized spacial score (nSPS) is 20.8. The van der Waals surface area contributed by atoms with Crippen LogP contribution in [0.2, 0.25) is 0 Å². The average Bonchev–Trinajstić information content (AvgIpc) is 2.93. The molecule has 0 saturated carbocycles. The first-order valence-corrected chi connectivity index (χ1v) is 7.78. The first-order chi connectivity index (χ1) is 9.35. The van der Waals surface area contributed by atoms with Crippen molar-refractivity contribution >= 4 is 27.1 Å². The molecule has 1 aromatic carbocycles. The SMILES string of the molecule is CCN1CCOC(CNc2ccc3sccc3c2)C1. The van der Waals surface area contributed by atoms with Gasteiger partial charge in [-0.25, -0.2) is 0 Å². The summed E-state index contributed by atoms with van der Waals surface area (Å²) in [4.78, 5) is 2.44. The largest absolute Gasteiger partial charge is 0.382 e. The van der Waals surface area contributed by atoms with Crippen molar-refractivity contribution in [1.82, 2.24) is 4.90 Å². The van der Waals surface area contributed by atoms with Crippen molar-refractivity contribution in [3.63, 3.8) is 0 Å². The lowest BCUT2D eigenvalue weighted by atomic mass is 10.2. The second-order valence-electron chi connectivity index (χ2n) is 4.94. The van der Waals surface area contributed by atoms with Gasteiger partial charge in [-0.2, -0.15) is 0 Å². The third-order valence-corrected chi connectivity index (χ3v) is 4.55. The highest BCUT2D eigenvalue weighted by molar-refractivity contribution is 7.17. The second-order valence-corrected chi connectivity index (χ2v) is 5.89. The van der Waals surface area contributed by atoms with Crippen LogP contribution in [0.1, 0.15) is 6.92 Å². The maximum Gasteiger partial charge on any atom is 0.0874 e. The molecule has 1 unspecified atom stereocenters. The number of hydrogen-bond donors (Lipinski definition) is 1. The molecule has 3 rings (SSSR count). The van der Waals surface area contributed by atoms with Crippen molar-refractivity contribution in [2.45, 2.75) is 13.0 Å². The van der Waals surface area contributed by atoms with Crippen molar-refractivity contribution in [1.29, 1.82) is 0 Å². The van der Waals surface area contributed by atoms with E-state index < -0.39 is 0 Å². The second kappa shape index (κ2) is 5.90. The summed E-state index contributed by atoms with van der Waals surface area (Å²) in [5.74, 6) is 0. The minimum atomic E-state index is 0.298. The van der Waals surface area contributed by atoms with Crippen LogP contribution in [-0.2, 0) is 4.74 Å². The molecule has 1 N–H and O–H groups in total. The number of nitrogens with one attached hydrogen (secondary N) is 1. The van der Waals surface area contributed by atoms with Gasteiger partial charge in [0.05, 0.1) is 12.7 Å². The molecule has 3 nitrogen and oxygen atoms in total. The van der Waals surface area contributed by atoms with Gasteiger partial charge in [-0.3, -0.25) is 4.90 Å².